The van der Waals surface area contributed by atoms with E-state index in [9.17, 15) is 4.79 Å². The molecule has 3 aromatic carbocycles. The predicted octanol–water partition coefficient (Wildman–Crippen LogP) is 5.46. The Morgan fingerprint density at radius 2 is 1.91 bits per heavy atom. The van der Waals surface area contributed by atoms with Gasteiger partial charge in [-0.1, -0.05) is 60.3 Å². The van der Waals surface area contributed by atoms with Crippen LogP contribution in [0.25, 0.3) is 10.8 Å². The Kier molecular flexibility index (Phi) is 8.54. The molecule has 0 saturated heterocycles. The number of hydrogen-bond donors (Lipinski definition) is 2. The highest BCUT2D eigenvalue weighted by molar-refractivity contribution is 14.1. The van der Waals surface area contributed by atoms with Crippen LogP contribution in [-0.2, 0) is 17.9 Å². The van der Waals surface area contributed by atoms with E-state index in [0.717, 1.165) is 27.8 Å². The number of carbonyl (C=O) groups is 1. The number of allylic oxidation sites excluding steroid dienone is 1. The van der Waals surface area contributed by atoms with Crippen molar-refractivity contribution in [2.75, 3.05) is 5.32 Å². The highest BCUT2D eigenvalue weighted by atomic mass is 127. The summed E-state index contributed by atoms with van der Waals surface area (Å²) in [6.45, 7) is 6.73. The van der Waals surface area contributed by atoms with Gasteiger partial charge < -0.3 is 9.88 Å². The fraction of sp³-hybridized carbons (Fsp3) is 0.154. The lowest BCUT2D eigenvalue weighted by atomic mass is 10.1. The van der Waals surface area contributed by atoms with Crippen molar-refractivity contribution >= 4 is 62.9 Å². The molecule has 1 aromatic heterocycles. The highest BCUT2D eigenvalue weighted by Crippen LogP contribution is 2.23. The third-order valence-electron chi connectivity index (χ3n) is 5.25. The molecule has 0 fully saturated rings. The molecule has 0 aliphatic heterocycles. The first-order chi connectivity index (χ1) is 17.0. The van der Waals surface area contributed by atoms with Crippen LogP contribution in [0.15, 0.2) is 89.6 Å². The molecule has 0 radical (unpaired) electrons. The van der Waals surface area contributed by atoms with E-state index in [-0.39, 0.29) is 5.91 Å². The minimum absolute atomic E-state index is 0.210. The second-order valence-electron chi connectivity index (χ2n) is 7.72. The molecule has 0 spiro atoms. The lowest BCUT2D eigenvalue weighted by molar-refractivity contribution is -0.120. The van der Waals surface area contributed by atoms with Crippen LogP contribution < -0.4 is 10.7 Å². The Balaban J connectivity index is 1.38. The first kappa shape index (κ1) is 24.9. The summed E-state index contributed by atoms with van der Waals surface area (Å²) in [7, 11) is 0. The lowest BCUT2D eigenvalue weighted by Crippen LogP contribution is -2.27. The number of amides is 1. The maximum atomic E-state index is 12.7. The molecular weight excluding hydrogens is 571 g/mol. The smallest absolute Gasteiger partial charge is 0.253 e. The van der Waals surface area contributed by atoms with Crippen molar-refractivity contribution < 1.29 is 4.79 Å². The van der Waals surface area contributed by atoms with Crippen molar-refractivity contribution in [2.24, 2.45) is 5.10 Å². The quantitative estimate of drug-likeness (QED) is 0.0835. The standard InChI is InChI=1S/C26H25IN6OS/c1-3-15-33-24(17-28-22-13-11-21(27)12-14-22)30-32-26(33)35-18(2)25(34)31-29-16-20-9-6-8-19-7-4-5-10-23(19)20/h3-14,16,18,28H,1,15,17H2,2H3,(H,31,34)/b29-16-/t18-/m1/s1. The van der Waals surface area contributed by atoms with Crippen LogP contribution in [0.2, 0.25) is 0 Å². The summed E-state index contributed by atoms with van der Waals surface area (Å²) in [5, 5.41) is 18.6. The summed E-state index contributed by atoms with van der Waals surface area (Å²) < 4.78 is 3.14. The van der Waals surface area contributed by atoms with Gasteiger partial charge in [0.2, 0.25) is 0 Å². The summed E-state index contributed by atoms with van der Waals surface area (Å²) in [5.41, 5.74) is 4.59. The van der Waals surface area contributed by atoms with Crippen molar-refractivity contribution in [3.05, 3.63) is 94.3 Å². The van der Waals surface area contributed by atoms with Crippen LogP contribution in [0.4, 0.5) is 5.69 Å². The van der Waals surface area contributed by atoms with E-state index in [1.54, 1.807) is 12.3 Å². The van der Waals surface area contributed by atoms with E-state index < -0.39 is 5.25 Å². The predicted molar refractivity (Wildman–Crippen MR) is 152 cm³/mol. The molecule has 0 aliphatic carbocycles. The fourth-order valence-electron chi connectivity index (χ4n) is 3.43. The average Bonchev–Trinajstić information content (AvgIpc) is 3.25. The highest BCUT2D eigenvalue weighted by Gasteiger charge is 2.19. The zero-order chi connectivity index (χ0) is 24.6. The van der Waals surface area contributed by atoms with Crippen LogP contribution in [0, 0.1) is 3.57 Å². The Morgan fingerprint density at radius 1 is 1.14 bits per heavy atom. The monoisotopic (exact) mass is 596 g/mol. The molecule has 4 rings (SSSR count). The van der Waals surface area contributed by atoms with E-state index in [0.29, 0.717) is 18.2 Å². The molecule has 0 bridgehead atoms. The van der Waals surface area contributed by atoms with E-state index in [1.807, 2.05) is 78.2 Å². The number of nitrogens with one attached hydrogen (secondary N) is 2. The van der Waals surface area contributed by atoms with Gasteiger partial charge in [0, 0.05) is 21.4 Å². The van der Waals surface area contributed by atoms with Gasteiger partial charge in [0.25, 0.3) is 5.91 Å². The molecule has 1 atom stereocenters. The number of aromatic nitrogens is 3. The first-order valence-electron chi connectivity index (χ1n) is 11.0. The molecule has 178 valence electrons. The first-order valence-corrected chi connectivity index (χ1v) is 13.0. The van der Waals surface area contributed by atoms with Gasteiger partial charge in [-0.2, -0.15) is 5.10 Å². The number of halogens is 1. The summed E-state index contributed by atoms with van der Waals surface area (Å²) in [5.74, 6) is 0.561. The maximum Gasteiger partial charge on any atom is 0.253 e. The van der Waals surface area contributed by atoms with Crippen molar-refractivity contribution in [1.29, 1.82) is 0 Å². The number of nitrogens with zero attached hydrogens (tertiary/aromatic N) is 4. The number of benzene rings is 3. The average molecular weight is 596 g/mol. The van der Waals surface area contributed by atoms with Crippen molar-refractivity contribution in [3.8, 4) is 0 Å². The second kappa shape index (κ2) is 12.0. The molecule has 35 heavy (non-hydrogen) atoms. The van der Waals surface area contributed by atoms with Crippen LogP contribution in [0.1, 0.15) is 18.3 Å². The van der Waals surface area contributed by atoms with Crippen molar-refractivity contribution in [2.45, 2.75) is 30.4 Å². The topological polar surface area (TPSA) is 84.2 Å². The fourth-order valence-corrected chi connectivity index (χ4v) is 4.66. The second-order valence-corrected chi connectivity index (χ2v) is 10.3. The number of rotatable bonds is 10. The van der Waals surface area contributed by atoms with Crippen molar-refractivity contribution in [3.63, 3.8) is 0 Å². The number of hydrazone groups is 1. The largest absolute Gasteiger partial charge is 0.378 e. The molecule has 7 nitrogen and oxygen atoms in total. The Hall–Kier alpha value is -3.18. The van der Waals surface area contributed by atoms with Gasteiger partial charge in [0.15, 0.2) is 11.0 Å². The zero-order valence-corrected chi connectivity index (χ0v) is 22.2. The van der Waals surface area contributed by atoms with Gasteiger partial charge in [0.1, 0.15) is 0 Å². The number of fused-ring (bicyclic) bond motifs is 1. The molecule has 1 heterocycles. The summed E-state index contributed by atoms with van der Waals surface area (Å²) in [4.78, 5) is 12.7. The van der Waals surface area contributed by atoms with E-state index in [2.05, 4.69) is 55.2 Å². The van der Waals surface area contributed by atoms with Gasteiger partial charge in [0.05, 0.1) is 18.0 Å². The van der Waals surface area contributed by atoms with Gasteiger partial charge in [-0.15, -0.1) is 16.8 Å². The molecule has 9 heteroatoms. The van der Waals surface area contributed by atoms with E-state index in [4.69, 9.17) is 0 Å². The Morgan fingerprint density at radius 3 is 2.71 bits per heavy atom. The van der Waals surface area contributed by atoms with Gasteiger partial charge in [-0.05, 0) is 64.6 Å². The normalized spacial score (nSPS) is 12.1. The summed E-state index contributed by atoms with van der Waals surface area (Å²) >= 11 is 3.62. The molecule has 4 aromatic rings. The van der Waals surface area contributed by atoms with Crippen LogP contribution in [-0.4, -0.2) is 32.1 Å². The molecular formula is C26H25IN6OS. The third kappa shape index (κ3) is 6.49. The molecule has 0 aliphatic rings. The number of hydrogen-bond acceptors (Lipinski definition) is 6. The lowest BCUT2D eigenvalue weighted by Gasteiger charge is -2.12. The summed E-state index contributed by atoms with van der Waals surface area (Å²) in [6.07, 6.45) is 3.47. The number of carbonyl (C=O) groups excluding carboxylic acids is 1. The number of thioether (sulfide) groups is 1. The van der Waals surface area contributed by atoms with E-state index in [1.165, 1.54) is 15.3 Å². The Bertz CT molecular complexity index is 1350. The molecule has 0 unspecified atom stereocenters. The molecule has 2 N–H and O–H groups in total. The van der Waals surface area contributed by atoms with Crippen LogP contribution in [0.5, 0.6) is 0 Å². The van der Waals surface area contributed by atoms with Gasteiger partial charge >= 0.3 is 0 Å². The minimum Gasteiger partial charge on any atom is -0.378 e. The minimum atomic E-state index is -0.413. The van der Waals surface area contributed by atoms with Crippen molar-refractivity contribution in [1.82, 2.24) is 20.2 Å². The molecule has 1 amide bonds. The Labute approximate surface area is 222 Å². The van der Waals surface area contributed by atoms with Crippen LogP contribution in [0.3, 0.4) is 0 Å². The number of anilines is 1. The van der Waals surface area contributed by atoms with Crippen LogP contribution >= 0.6 is 34.4 Å². The maximum absolute atomic E-state index is 12.7. The van der Waals surface area contributed by atoms with Gasteiger partial charge in [-0.3, -0.25) is 4.79 Å². The van der Waals surface area contributed by atoms with E-state index >= 15 is 0 Å². The summed E-state index contributed by atoms with van der Waals surface area (Å²) in [6, 6.07) is 22.2. The zero-order valence-electron chi connectivity index (χ0n) is 19.2. The van der Waals surface area contributed by atoms with Gasteiger partial charge in [-0.25, -0.2) is 5.43 Å². The molecule has 0 saturated carbocycles. The SMILES string of the molecule is C=CCn1c(CNc2ccc(I)cc2)nnc1S[C@H](C)C(=O)N/N=C\c1cccc2ccccc12. The third-order valence-corrected chi connectivity index (χ3v) is 7.05.